The van der Waals surface area contributed by atoms with Crippen LogP contribution in [0.15, 0.2) is 73.1 Å². The highest BCUT2D eigenvalue weighted by Gasteiger charge is 2.32. The van der Waals surface area contributed by atoms with Gasteiger partial charge in [0.2, 0.25) is 0 Å². The van der Waals surface area contributed by atoms with Crippen molar-refractivity contribution in [1.29, 1.82) is 0 Å². The molecule has 0 bridgehead atoms. The minimum atomic E-state index is -1.08. The van der Waals surface area contributed by atoms with Crippen LogP contribution in [-0.4, -0.2) is 27.7 Å². The molecule has 0 amide bonds. The van der Waals surface area contributed by atoms with Gasteiger partial charge in [0, 0.05) is 48.0 Å². The van der Waals surface area contributed by atoms with Gasteiger partial charge in [0.15, 0.2) is 5.60 Å². The average molecular weight is 429 g/mol. The smallest absolute Gasteiger partial charge is 0.349 e. The van der Waals surface area contributed by atoms with Crippen LogP contribution < -0.4 is 4.74 Å². The van der Waals surface area contributed by atoms with Crippen LogP contribution in [0.2, 0.25) is 0 Å². The van der Waals surface area contributed by atoms with Crippen LogP contribution in [0.1, 0.15) is 32.0 Å². The molecule has 5 heteroatoms. The van der Waals surface area contributed by atoms with Crippen LogP contribution in [0.25, 0.3) is 22.0 Å². The molecule has 2 heterocycles. The second-order valence-corrected chi connectivity index (χ2v) is 8.29. The summed E-state index contributed by atoms with van der Waals surface area (Å²) in [6.07, 6.45) is 4.42. The Hall–Kier alpha value is -3.60. The number of carbonyl (C=O) groups is 1. The molecule has 2 aromatic carbocycles. The summed E-state index contributed by atoms with van der Waals surface area (Å²) >= 11 is 0. The molecule has 5 nitrogen and oxygen atoms in total. The van der Waals surface area contributed by atoms with Crippen molar-refractivity contribution >= 4 is 16.9 Å². The number of hydrogen-bond donors (Lipinski definition) is 0. The quantitative estimate of drug-likeness (QED) is 0.362. The minimum absolute atomic E-state index is 0.318. The normalized spacial score (nSPS) is 11.5. The third kappa shape index (κ3) is 4.24. The minimum Gasteiger partial charge on any atom is -0.476 e. The van der Waals surface area contributed by atoms with E-state index in [2.05, 4.69) is 40.9 Å². The zero-order chi connectivity index (χ0) is 22.7. The predicted octanol–water partition coefficient (Wildman–Crippen LogP) is 5.55. The number of benzene rings is 2. The van der Waals surface area contributed by atoms with Gasteiger partial charge in [0.05, 0.1) is 6.61 Å². The standard InChI is InChI=1S/C27H28N2O3/c1-5-31-26(30)27(2,3)32-21-11-12-23-22(18-21)25(20-13-15-28-16-14-20)24(29(23)4)17-19-9-7-6-8-10-19/h6-16,18H,5,17H2,1-4H3. The second-order valence-electron chi connectivity index (χ2n) is 8.29. The summed E-state index contributed by atoms with van der Waals surface area (Å²) in [6, 6.07) is 20.5. The predicted molar refractivity (Wildman–Crippen MR) is 127 cm³/mol. The summed E-state index contributed by atoms with van der Waals surface area (Å²) in [4.78, 5) is 16.5. The van der Waals surface area contributed by atoms with Crippen molar-refractivity contribution in [3.8, 4) is 16.9 Å². The van der Waals surface area contributed by atoms with E-state index in [0.717, 1.165) is 28.5 Å². The Bertz CT molecular complexity index is 1230. The van der Waals surface area contributed by atoms with Gasteiger partial charge in [-0.25, -0.2) is 4.79 Å². The molecule has 0 atom stereocenters. The van der Waals surface area contributed by atoms with Crippen molar-refractivity contribution in [2.45, 2.75) is 32.8 Å². The number of fused-ring (bicyclic) bond motifs is 1. The number of nitrogens with zero attached hydrogens (tertiary/aromatic N) is 2. The lowest BCUT2D eigenvalue weighted by Gasteiger charge is -2.24. The number of aromatic nitrogens is 2. The first-order valence-corrected chi connectivity index (χ1v) is 10.8. The van der Waals surface area contributed by atoms with Crippen LogP contribution in [0, 0.1) is 0 Å². The number of pyridine rings is 1. The Labute approximate surface area is 188 Å². The van der Waals surface area contributed by atoms with E-state index in [1.807, 2.05) is 48.8 Å². The molecule has 0 unspecified atom stereocenters. The fourth-order valence-corrected chi connectivity index (χ4v) is 4.02. The number of rotatable bonds is 7. The fourth-order valence-electron chi connectivity index (χ4n) is 4.02. The van der Waals surface area contributed by atoms with Gasteiger partial charge in [-0.2, -0.15) is 0 Å². The lowest BCUT2D eigenvalue weighted by atomic mass is 9.99. The van der Waals surface area contributed by atoms with Gasteiger partial charge in [-0.15, -0.1) is 0 Å². The Kier molecular flexibility index (Phi) is 5.99. The lowest BCUT2D eigenvalue weighted by Crippen LogP contribution is -2.39. The molecule has 164 valence electrons. The Morgan fingerprint density at radius 1 is 1.03 bits per heavy atom. The molecule has 4 aromatic rings. The molecule has 0 saturated carbocycles. The van der Waals surface area contributed by atoms with Crippen molar-refractivity contribution in [3.63, 3.8) is 0 Å². The Morgan fingerprint density at radius 3 is 2.44 bits per heavy atom. The summed E-state index contributed by atoms with van der Waals surface area (Å²) in [5.74, 6) is 0.245. The monoisotopic (exact) mass is 428 g/mol. The first kappa shape index (κ1) is 21.6. The van der Waals surface area contributed by atoms with Crippen molar-refractivity contribution in [2.75, 3.05) is 6.61 Å². The first-order chi connectivity index (χ1) is 15.4. The van der Waals surface area contributed by atoms with Crippen molar-refractivity contribution in [2.24, 2.45) is 7.05 Å². The third-order valence-electron chi connectivity index (χ3n) is 5.62. The highest BCUT2D eigenvalue weighted by atomic mass is 16.6. The van der Waals surface area contributed by atoms with Crippen molar-refractivity contribution in [1.82, 2.24) is 9.55 Å². The zero-order valence-corrected chi connectivity index (χ0v) is 19.0. The largest absolute Gasteiger partial charge is 0.476 e. The van der Waals surface area contributed by atoms with Crippen LogP contribution >= 0.6 is 0 Å². The number of aryl methyl sites for hydroxylation is 1. The summed E-state index contributed by atoms with van der Waals surface area (Å²) in [6.45, 7) is 5.56. The second kappa shape index (κ2) is 8.87. The SMILES string of the molecule is CCOC(=O)C(C)(C)Oc1ccc2c(c1)c(-c1ccncc1)c(Cc1ccccc1)n2C. The lowest BCUT2D eigenvalue weighted by molar-refractivity contribution is -0.158. The van der Waals surface area contributed by atoms with E-state index >= 15 is 0 Å². The van der Waals surface area contributed by atoms with Crippen LogP contribution in [0.5, 0.6) is 5.75 Å². The molecule has 0 aliphatic heterocycles. The molecular weight excluding hydrogens is 400 g/mol. The van der Waals surface area contributed by atoms with Gasteiger partial charge in [-0.05, 0) is 62.2 Å². The summed E-state index contributed by atoms with van der Waals surface area (Å²) in [7, 11) is 2.09. The molecular formula is C27H28N2O3. The first-order valence-electron chi connectivity index (χ1n) is 10.8. The van der Waals surface area contributed by atoms with Crippen molar-refractivity contribution in [3.05, 3.63) is 84.3 Å². The zero-order valence-electron chi connectivity index (χ0n) is 19.0. The van der Waals surface area contributed by atoms with Gasteiger partial charge in [0.25, 0.3) is 0 Å². The molecule has 0 radical (unpaired) electrons. The molecule has 0 aliphatic carbocycles. The molecule has 4 rings (SSSR count). The highest BCUT2D eigenvalue weighted by Crippen LogP contribution is 2.38. The number of ether oxygens (including phenoxy) is 2. The molecule has 0 fully saturated rings. The van der Waals surface area contributed by atoms with E-state index in [-0.39, 0.29) is 5.97 Å². The van der Waals surface area contributed by atoms with Crippen molar-refractivity contribution < 1.29 is 14.3 Å². The number of carbonyl (C=O) groups excluding carboxylic acids is 1. The molecule has 2 aromatic heterocycles. The van der Waals surface area contributed by atoms with Crippen LogP contribution in [0.3, 0.4) is 0 Å². The van der Waals surface area contributed by atoms with E-state index < -0.39 is 5.60 Å². The average Bonchev–Trinajstić information content (AvgIpc) is 3.06. The van der Waals surface area contributed by atoms with Gasteiger partial charge in [-0.1, -0.05) is 30.3 Å². The third-order valence-corrected chi connectivity index (χ3v) is 5.62. The number of esters is 1. The van der Waals surface area contributed by atoms with Gasteiger partial charge < -0.3 is 14.0 Å². The molecule has 0 spiro atoms. The molecule has 0 N–H and O–H groups in total. The van der Waals surface area contributed by atoms with E-state index in [9.17, 15) is 4.79 Å². The van der Waals surface area contributed by atoms with Gasteiger partial charge in [0.1, 0.15) is 5.75 Å². The Morgan fingerprint density at radius 2 is 1.75 bits per heavy atom. The van der Waals surface area contributed by atoms with E-state index in [0.29, 0.717) is 12.4 Å². The Balaban J connectivity index is 1.84. The van der Waals surface area contributed by atoms with Crippen LogP contribution in [-0.2, 0) is 23.0 Å². The fraction of sp³-hybridized carbons (Fsp3) is 0.259. The molecule has 32 heavy (non-hydrogen) atoms. The highest BCUT2D eigenvalue weighted by molar-refractivity contribution is 5.99. The van der Waals surface area contributed by atoms with E-state index in [4.69, 9.17) is 9.47 Å². The maximum Gasteiger partial charge on any atom is 0.349 e. The van der Waals surface area contributed by atoms with Crippen LogP contribution in [0.4, 0.5) is 0 Å². The summed E-state index contributed by atoms with van der Waals surface area (Å²) < 4.78 is 13.5. The molecule has 0 aliphatic rings. The van der Waals surface area contributed by atoms with Gasteiger partial charge >= 0.3 is 5.97 Å². The van der Waals surface area contributed by atoms with E-state index in [1.165, 1.54) is 11.3 Å². The maximum atomic E-state index is 12.3. The topological polar surface area (TPSA) is 53.4 Å². The molecule has 0 saturated heterocycles. The summed E-state index contributed by atoms with van der Waals surface area (Å²) in [5, 5.41) is 1.07. The maximum absolute atomic E-state index is 12.3. The summed E-state index contributed by atoms with van der Waals surface area (Å²) in [5.41, 5.74) is 4.71. The number of hydrogen-bond acceptors (Lipinski definition) is 4. The van der Waals surface area contributed by atoms with Gasteiger partial charge in [-0.3, -0.25) is 4.98 Å². The van der Waals surface area contributed by atoms with E-state index in [1.54, 1.807) is 20.8 Å².